The zero-order valence-corrected chi connectivity index (χ0v) is 16.0. The highest BCUT2D eigenvalue weighted by molar-refractivity contribution is 7.90. The number of hydrogen-bond donors (Lipinski definition) is 1. The Labute approximate surface area is 163 Å². The molecule has 0 aromatic heterocycles. The number of amidine groups is 1. The minimum absolute atomic E-state index is 0.250. The maximum Gasteiger partial charge on any atom is 0.285 e. The molecule has 1 heterocycles. The lowest BCUT2D eigenvalue weighted by Crippen LogP contribution is -2.36. The lowest BCUT2D eigenvalue weighted by atomic mass is 10.1. The van der Waals surface area contributed by atoms with Crippen LogP contribution in [0.5, 0.6) is 0 Å². The quantitative estimate of drug-likeness (QED) is 0.755. The average Bonchev–Trinajstić information content (AvgIpc) is 3.48. The first-order valence-electron chi connectivity index (χ1n) is 9.20. The van der Waals surface area contributed by atoms with Gasteiger partial charge >= 0.3 is 0 Å². The highest BCUT2D eigenvalue weighted by Gasteiger charge is 2.37. The normalized spacial score (nSPS) is 17.0. The van der Waals surface area contributed by atoms with E-state index in [1.807, 2.05) is 11.0 Å². The van der Waals surface area contributed by atoms with E-state index in [9.17, 15) is 17.6 Å². The summed E-state index contributed by atoms with van der Waals surface area (Å²) in [5.41, 5.74) is 1.05. The first kappa shape index (κ1) is 18.6. The number of carbonyl (C=O) groups is 1. The van der Waals surface area contributed by atoms with Crippen molar-refractivity contribution in [2.45, 2.75) is 30.2 Å². The Morgan fingerprint density at radius 3 is 2.57 bits per heavy atom. The van der Waals surface area contributed by atoms with Crippen molar-refractivity contribution in [1.29, 1.82) is 0 Å². The van der Waals surface area contributed by atoms with Crippen molar-refractivity contribution < 1.29 is 17.6 Å². The summed E-state index contributed by atoms with van der Waals surface area (Å²) in [4.78, 5) is 14.4. The highest BCUT2D eigenvalue weighted by atomic mass is 32.2. The molecule has 0 radical (unpaired) electrons. The lowest BCUT2D eigenvalue weighted by molar-refractivity contribution is 0.0952. The van der Waals surface area contributed by atoms with Crippen molar-refractivity contribution >= 4 is 21.8 Å². The summed E-state index contributed by atoms with van der Waals surface area (Å²) in [5, 5.41) is 2.81. The van der Waals surface area contributed by atoms with Crippen LogP contribution in [0.2, 0.25) is 0 Å². The number of benzene rings is 2. The third kappa shape index (κ3) is 3.77. The summed E-state index contributed by atoms with van der Waals surface area (Å²) in [6.07, 6.45) is 2.65. The minimum atomic E-state index is -3.64. The van der Waals surface area contributed by atoms with Gasteiger partial charge in [0.15, 0.2) is 5.84 Å². The number of amides is 1. The zero-order chi connectivity index (χ0) is 19.7. The molecule has 0 saturated heterocycles. The Kier molecular flexibility index (Phi) is 4.89. The molecule has 1 amide bonds. The first-order chi connectivity index (χ1) is 13.5. The van der Waals surface area contributed by atoms with Crippen molar-refractivity contribution in [3.8, 4) is 0 Å². The molecule has 8 heteroatoms. The van der Waals surface area contributed by atoms with Crippen molar-refractivity contribution in [1.82, 2.24) is 10.2 Å². The van der Waals surface area contributed by atoms with Crippen LogP contribution < -0.4 is 5.32 Å². The van der Waals surface area contributed by atoms with Crippen LogP contribution >= 0.6 is 0 Å². The summed E-state index contributed by atoms with van der Waals surface area (Å²) in [6, 6.07) is 12.5. The fourth-order valence-electron chi connectivity index (χ4n) is 3.30. The van der Waals surface area contributed by atoms with E-state index in [4.69, 9.17) is 0 Å². The first-order valence-corrected chi connectivity index (χ1v) is 10.6. The second-order valence-corrected chi connectivity index (χ2v) is 8.50. The van der Waals surface area contributed by atoms with Gasteiger partial charge in [-0.15, -0.1) is 4.40 Å². The molecule has 1 N–H and O–H groups in total. The van der Waals surface area contributed by atoms with Crippen LogP contribution in [0.15, 0.2) is 57.8 Å². The summed E-state index contributed by atoms with van der Waals surface area (Å²) >= 11 is 0. The molecule has 0 spiro atoms. The van der Waals surface area contributed by atoms with Gasteiger partial charge in [-0.2, -0.15) is 8.42 Å². The van der Waals surface area contributed by atoms with Crippen LogP contribution in [0, 0.1) is 5.82 Å². The zero-order valence-electron chi connectivity index (χ0n) is 15.1. The van der Waals surface area contributed by atoms with Gasteiger partial charge in [-0.05, 0) is 55.7 Å². The van der Waals surface area contributed by atoms with Crippen molar-refractivity contribution in [3.05, 3.63) is 65.5 Å². The van der Waals surface area contributed by atoms with Gasteiger partial charge in [-0.25, -0.2) is 4.39 Å². The molecule has 2 aliphatic rings. The van der Waals surface area contributed by atoms with E-state index in [1.54, 1.807) is 18.2 Å². The monoisotopic (exact) mass is 401 g/mol. The van der Waals surface area contributed by atoms with Gasteiger partial charge in [0.1, 0.15) is 10.7 Å². The van der Waals surface area contributed by atoms with Crippen LogP contribution in [0.1, 0.15) is 35.2 Å². The maximum atomic E-state index is 12.9. The number of halogens is 1. The average molecular weight is 401 g/mol. The summed E-state index contributed by atoms with van der Waals surface area (Å²) in [7, 11) is -3.64. The number of rotatable bonds is 6. The third-order valence-corrected chi connectivity index (χ3v) is 6.17. The van der Waals surface area contributed by atoms with E-state index >= 15 is 0 Å². The number of nitrogens with one attached hydrogen (secondary N) is 1. The Bertz CT molecular complexity index is 1030. The number of sulfonamides is 1. The second-order valence-electron chi connectivity index (χ2n) is 6.93. The number of fused-ring (bicyclic) bond motifs is 1. The van der Waals surface area contributed by atoms with Crippen LogP contribution in [0.4, 0.5) is 4.39 Å². The molecule has 0 bridgehead atoms. The maximum absolute atomic E-state index is 12.9. The molecule has 2 aromatic carbocycles. The molecule has 1 fully saturated rings. The van der Waals surface area contributed by atoms with E-state index in [0.717, 1.165) is 12.8 Å². The predicted octanol–water partition coefficient (Wildman–Crippen LogP) is 2.56. The van der Waals surface area contributed by atoms with E-state index in [0.29, 0.717) is 36.5 Å². The van der Waals surface area contributed by atoms with Crippen LogP contribution in [0.3, 0.4) is 0 Å². The van der Waals surface area contributed by atoms with Crippen molar-refractivity contribution in [2.75, 3.05) is 13.1 Å². The van der Waals surface area contributed by atoms with E-state index in [1.165, 1.54) is 24.3 Å². The SMILES string of the molecule is O=C(NCCCN(C1=NS(=O)(=O)c2ccccc21)C1CC1)c1ccc(F)cc1. The molecular weight excluding hydrogens is 381 g/mol. The molecule has 2 aromatic rings. The summed E-state index contributed by atoms with van der Waals surface area (Å²) in [5.74, 6) is -0.142. The highest BCUT2D eigenvalue weighted by Crippen LogP contribution is 2.34. The second kappa shape index (κ2) is 7.35. The Hall–Kier alpha value is -2.74. The topological polar surface area (TPSA) is 78.8 Å². The van der Waals surface area contributed by atoms with Gasteiger partial charge in [0.2, 0.25) is 0 Å². The van der Waals surface area contributed by atoms with Crippen LogP contribution in [0.25, 0.3) is 0 Å². The minimum Gasteiger partial charge on any atom is -0.352 e. The van der Waals surface area contributed by atoms with Gasteiger partial charge in [0.25, 0.3) is 15.9 Å². The van der Waals surface area contributed by atoms with E-state index in [2.05, 4.69) is 9.71 Å². The van der Waals surface area contributed by atoms with Gasteiger partial charge < -0.3 is 10.2 Å². The fraction of sp³-hybridized carbons (Fsp3) is 0.300. The molecule has 0 unspecified atom stereocenters. The lowest BCUT2D eigenvalue weighted by Gasteiger charge is -2.24. The summed E-state index contributed by atoms with van der Waals surface area (Å²) in [6.45, 7) is 1.03. The molecule has 1 saturated carbocycles. The molecule has 1 aliphatic carbocycles. The number of carbonyl (C=O) groups excluding carboxylic acids is 1. The third-order valence-electron chi connectivity index (χ3n) is 4.84. The van der Waals surface area contributed by atoms with E-state index in [-0.39, 0.29) is 22.7 Å². The van der Waals surface area contributed by atoms with Crippen LogP contribution in [-0.4, -0.2) is 44.2 Å². The number of hydrogen-bond acceptors (Lipinski definition) is 4. The molecule has 0 atom stereocenters. The molecule has 28 heavy (non-hydrogen) atoms. The smallest absolute Gasteiger partial charge is 0.285 e. The molecular formula is C20H20FN3O3S. The predicted molar refractivity (Wildman–Crippen MR) is 103 cm³/mol. The largest absolute Gasteiger partial charge is 0.352 e. The Balaban J connectivity index is 1.39. The van der Waals surface area contributed by atoms with Gasteiger partial charge in [-0.1, -0.05) is 12.1 Å². The standard InChI is InChI=1S/C20H20FN3O3S/c21-15-8-6-14(7-9-15)20(25)22-12-3-13-24(16-10-11-16)19-17-4-1-2-5-18(17)28(26,27)23-19/h1-2,4-9,16H,3,10-13H2,(H,22,25). The molecule has 4 rings (SSSR count). The van der Waals surface area contributed by atoms with Crippen molar-refractivity contribution in [3.63, 3.8) is 0 Å². The van der Waals surface area contributed by atoms with Crippen molar-refractivity contribution in [2.24, 2.45) is 4.40 Å². The fourth-order valence-corrected chi connectivity index (χ4v) is 4.51. The Morgan fingerprint density at radius 1 is 1.14 bits per heavy atom. The molecule has 6 nitrogen and oxygen atoms in total. The van der Waals surface area contributed by atoms with Crippen LogP contribution in [-0.2, 0) is 10.0 Å². The van der Waals surface area contributed by atoms with Gasteiger partial charge in [-0.3, -0.25) is 4.79 Å². The van der Waals surface area contributed by atoms with E-state index < -0.39 is 10.0 Å². The molecule has 146 valence electrons. The molecule has 1 aliphatic heterocycles. The number of nitrogens with zero attached hydrogens (tertiary/aromatic N) is 2. The Morgan fingerprint density at radius 2 is 1.86 bits per heavy atom. The summed E-state index contributed by atoms with van der Waals surface area (Å²) < 4.78 is 41.6. The van der Waals surface area contributed by atoms with Gasteiger partial charge in [0.05, 0.1) is 0 Å². The van der Waals surface area contributed by atoms with Gasteiger partial charge in [0, 0.05) is 30.3 Å².